The molecule has 6 aromatic rings. The molecule has 0 fully saturated rings. The molecule has 0 heterocycles. The van der Waals surface area contributed by atoms with E-state index in [0.717, 1.165) is 39.4 Å². The summed E-state index contributed by atoms with van der Waals surface area (Å²) in [5.74, 6) is 0.502. The topological polar surface area (TPSA) is 156 Å². The molecule has 0 atom stereocenters. The van der Waals surface area contributed by atoms with E-state index in [1.807, 2.05) is 36.4 Å². The Balaban J connectivity index is 0.000000251. The molecule has 6 aromatic carbocycles. The van der Waals surface area contributed by atoms with Crippen LogP contribution in [-0.2, 0) is 6.54 Å². The van der Waals surface area contributed by atoms with Crippen molar-refractivity contribution in [3.05, 3.63) is 175 Å². The van der Waals surface area contributed by atoms with E-state index in [-0.39, 0.29) is 17.2 Å². The number of phenols is 3. The number of nitrogens with zero attached hydrogens (tertiary/aromatic N) is 2. The smallest absolute Gasteiger partial charge is 0.488 e. The molecule has 0 saturated carbocycles. The molecule has 0 unspecified atom stereocenters. The van der Waals surface area contributed by atoms with Crippen molar-refractivity contribution < 1.29 is 30.5 Å². The van der Waals surface area contributed by atoms with Crippen LogP contribution < -0.4 is 11.2 Å². The first-order valence-corrected chi connectivity index (χ1v) is 17.4. The minimum atomic E-state index is -1.45. The van der Waals surface area contributed by atoms with Crippen molar-refractivity contribution in [2.45, 2.75) is 6.54 Å². The summed E-state index contributed by atoms with van der Waals surface area (Å²) in [4.78, 5) is 6.48. The Bertz CT molecular complexity index is 2160. The molecule has 14 heteroatoms. The zero-order chi connectivity index (χ0) is 40.2. The van der Waals surface area contributed by atoms with Crippen LogP contribution >= 0.6 is 50.7 Å². The quantitative estimate of drug-likeness (QED) is 0.0688. The van der Waals surface area contributed by atoms with E-state index >= 15 is 0 Å². The molecule has 0 aliphatic rings. The van der Waals surface area contributed by atoms with Gasteiger partial charge in [0, 0.05) is 29.3 Å². The lowest BCUT2D eigenvalue weighted by molar-refractivity contribution is 0.399. The lowest BCUT2D eigenvalue weighted by atomic mass is 9.80. The van der Waals surface area contributed by atoms with Crippen molar-refractivity contribution in [2.75, 3.05) is 7.11 Å². The molecule has 0 aliphatic carbocycles. The standard InChI is InChI=1S/C13H8ClNO.C13H12ClNO.C7H6BNO2.C6H4BrClO.CH4O/c1-15-10-4-2-9(3-5-10)12-7-6-11(16)8-13(12)14;14-13-7-11(16)5-6-12(13)10-3-1-9(8-15)2-4-10;1-9-7-4-2-6(3-5-7)8(10)11;7-5-2-1-4(9)3-6(5)8;1-2/h2-8,16H;1-7,16H,8,15H2;2-5,10-11H;1-3,9H;2H,1H3. The number of phenolic OH excluding ortho intramolecular Hbond substituents is 3. The summed E-state index contributed by atoms with van der Waals surface area (Å²) >= 11 is 20.9. The number of benzene rings is 6. The van der Waals surface area contributed by atoms with Crippen molar-refractivity contribution in [1.82, 2.24) is 0 Å². The van der Waals surface area contributed by atoms with Crippen molar-refractivity contribution in [1.29, 1.82) is 0 Å². The normalized spacial score (nSPS) is 9.46. The summed E-state index contributed by atoms with van der Waals surface area (Å²) in [6, 6.07) is 35.7. The highest BCUT2D eigenvalue weighted by atomic mass is 79.9. The summed E-state index contributed by atoms with van der Waals surface area (Å²) in [5.41, 5.74) is 11.8. The summed E-state index contributed by atoms with van der Waals surface area (Å²) in [7, 11) is -0.449. The molecular formula is C40H34BBrCl3N3O6. The number of aromatic hydroxyl groups is 3. The Morgan fingerprint density at radius 1 is 0.574 bits per heavy atom. The predicted octanol–water partition coefficient (Wildman–Crippen LogP) is 9.77. The predicted molar refractivity (Wildman–Crippen MR) is 223 cm³/mol. The highest BCUT2D eigenvalue weighted by molar-refractivity contribution is 9.10. The molecule has 0 radical (unpaired) electrons. The summed E-state index contributed by atoms with van der Waals surface area (Å²) in [6.45, 7) is 14.0. The highest BCUT2D eigenvalue weighted by Crippen LogP contribution is 2.32. The van der Waals surface area contributed by atoms with Crippen LogP contribution in [0.1, 0.15) is 5.56 Å². The third-order valence-corrected chi connectivity index (χ3v) is 8.79. The summed E-state index contributed by atoms with van der Waals surface area (Å²) in [6.07, 6.45) is 0. The van der Waals surface area contributed by atoms with Crippen LogP contribution in [0.3, 0.4) is 0 Å². The van der Waals surface area contributed by atoms with E-state index in [0.29, 0.717) is 38.5 Å². The van der Waals surface area contributed by atoms with Gasteiger partial charge < -0.3 is 36.2 Å². The third kappa shape index (κ3) is 14.8. The molecule has 54 heavy (non-hydrogen) atoms. The lowest BCUT2D eigenvalue weighted by Gasteiger charge is -2.05. The number of aliphatic hydroxyl groups is 1. The molecule has 0 aromatic heterocycles. The monoisotopic (exact) mass is 847 g/mol. The van der Waals surface area contributed by atoms with Crippen molar-refractivity contribution in [3.63, 3.8) is 0 Å². The van der Waals surface area contributed by atoms with Gasteiger partial charge in [-0.25, -0.2) is 9.69 Å². The van der Waals surface area contributed by atoms with Crippen LogP contribution in [0.15, 0.2) is 132 Å². The minimum absolute atomic E-state index is 0.145. The van der Waals surface area contributed by atoms with Crippen LogP contribution in [0.5, 0.6) is 17.2 Å². The first-order chi connectivity index (χ1) is 25.8. The van der Waals surface area contributed by atoms with E-state index in [1.54, 1.807) is 60.7 Å². The van der Waals surface area contributed by atoms with Crippen LogP contribution in [-0.4, -0.2) is 44.7 Å². The first-order valence-electron chi connectivity index (χ1n) is 15.5. The number of rotatable bonds is 4. The fourth-order valence-electron chi connectivity index (χ4n) is 4.22. The van der Waals surface area contributed by atoms with Gasteiger partial charge in [-0.1, -0.05) is 108 Å². The Labute approximate surface area is 337 Å². The minimum Gasteiger partial charge on any atom is -0.508 e. The van der Waals surface area contributed by atoms with Crippen molar-refractivity contribution in [3.8, 4) is 39.5 Å². The number of halogens is 4. The van der Waals surface area contributed by atoms with E-state index in [4.69, 9.17) is 73.9 Å². The zero-order valence-electron chi connectivity index (χ0n) is 28.6. The lowest BCUT2D eigenvalue weighted by Crippen LogP contribution is -2.29. The van der Waals surface area contributed by atoms with E-state index in [1.165, 1.54) is 30.3 Å². The van der Waals surface area contributed by atoms with Gasteiger partial charge in [0.1, 0.15) is 17.2 Å². The van der Waals surface area contributed by atoms with Crippen molar-refractivity contribution in [2.24, 2.45) is 5.73 Å². The first kappa shape index (κ1) is 45.1. The van der Waals surface area contributed by atoms with Crippen LogP contribution in [0.2, 0.25) is 15.1 Å². The number of aliphatic hydroxyl groups excluding tert-OH is 1. The van der Waals surface area contributed by atoms with E-state index in [9.17, 15) is 10.2 Å². The maximum atomic E-state index is 9.27. The van der Waals surface area contributed by atoms with Gasteiger partial charge in [0.2, 0.25) is 0 Å². The second kappa shape index (κ2) is 23.6. The Hall–Kier alpha value is -5.05. The van der Waals surface area contributed by atoms with Gasteiger partial charge in [0.05, 0.1) is 28.2 Å². The van der Waals surface area contributed by atoms with Gasteiger partial charge in [-0.15, -0.1) is 0 Å². The van der Waals surface area contributed by atoms with Crippen molar-refractivity contribution >= 4 is 74.7 Å². The molecule has 0 amide bonds. The van der Waals surface area contributed by atoms with Crippen LogP contribution in [0.4, 0.5) is 11.4 Å². The number of hydrogen-bond donors (Lipinski definition) is 7. The Morgan fingerprint density at radius 3 is 1.28 bits per heavy atom. The van der Waals surface area contributed by atoms with Gasteiger partial charge in [-0.05, 0) is 92.7 Å². The highest BCUT2D eigenvalue weighted by Gasteiger charge is 2.09. The molecule has 276 valence electrons. The second-order valence-electron chi connectivity index (χ2n) is 10.6. The Kier molecular flexibility index (Phi) is 19.7. The molecule has 9 nitrogen and oxygen atoms in total. The average molecular weight is 850 g/mol. The summed E-state index contributed by atoms with van der Waals surface area (Å²) < 4.78 is 0.793. The van der Waals surface area contributed by atoms with Gasteiger partial charge >= 0.3 is 7.12 Å². The summed E-state index contributed by atoms with van der Waals surface area (Å²) in [5, 5.41) is 53.2. The van der Waals surface area contributed by atoms with Crippen LogP contribution in [0.25, 0.3) is 31.9 Å². The second-order valence-corrected chi connectivity index (χ2v) is 12.6. The molecule has 8 N–H and O–H groups in total. The number of hydrogen-bond acceptors (Lipinski definition) is 7. The largest absolute Gasteiger partial charge is 0.508 e. The average Bonchev–Trinajstić information content (AvgIpc) is 3.18. The number of nitrogens with two attached hydrogens (primary N) is 1. The molecular weight excluding hydrogens is 816 g/mol. The van der Waals surface area contributed by atoms with Gasteiger partial charge in [0.25, 0.3) is 0 Å². The maximum Gasteiger partial charge on any atom is 0.488 e. The molecule has 0 saturated heterocycles. The molecule has 0 spiro atoms. The Morgan fingerprint density at radius 2 is 0.944 bits per heavy atom. The SMILES string of the molecule is CO.NCc1ccc(-c2ccc(O)cc2Cl)cc1.Oc1ccc(Br)c(Cl)c1.[C-]#[N+]c1ccc(-c2ccc(O)cc2Cl)cc1.[C-]#[N+]c1ccc(B(O)O)cc1. The van der Waals surface area contributed by atoms with Gasteiger partial charge in [-0.2, -0.15) is 0 Å². The van der Waals surface area contributed by atoms with E-state index < -0.39 is 7.12 Å². The molecule has 0 aliphatic heterocycles. The van der Waals surface area contributed by atoms with Gasteiger partial charge in [0.15, 0.2) is 11.4 Å². The van der Waals surface area contributed by atoms with E-state index in [2.05, 4.69) is 25.6 Å². The maximum absolute atomic E-state index is 9.27. The molecule has 6 rings (SSSR count). The van der Waals surface area contributed by atoms with Gasteiger partial charge in [-0.3, -0.25) is 0 Å². The fourth-order valence-corrected chi connectivity index (χ4v) is 5.21. The zero-order valence-corrected chi connectivity index (χ0v) is 32.4. The molecule has 0 bridgehead atoms. The fraction of sp³-hybridized carbons (Fsp3) is 0.0500. The van der Waals surface area contributed by atoms with Crippen LogP contribution in [0, 0.1) is 13.1 Å². The third-order valence-electron chi connectivity index (χ3n) is 6.94.